The quantitative estimate of drug-likeness (QED) is 0.180. The van der Waals surface area contributed by atoms with Gasteiger partial charge < -0.3 is 20.8 Å². The van der Waals surface area contributed by atoms with Crippen LogP contribution in [0.2, 0.25) is 0 Å². The smallest absolute Gasteiger partial charge is 0.196 e. The van der Waals surface area contributed by atoms with Crippen molar-refractivity contribution in [1.82, 2.24) is 0 Å². The van der Waals surface area contributed by atoms with Gasteiger partial charge in [0, 0.05) is 22.5 Å². The molecule has 4 aromatic carbocycles. The molecule has 1 heterocycles. The van der Waals surface area contributed by atoms with Crippen molar-refractivity contribution in [2.75, 3.05) is 10.6 Å². The van der Waals surface area contributed by atoms with E-state index < -0.39 is 0 Å². The minimum absolute atomic E-state index is 0.0134. The van der Waals surface area contributed by atoms with Crippen molar-refractivity contribution in [3.63, 3.8) is 0 Å². The maximum Gasteiger partial charge on any atom is 0.196 e. The van der Waals surface area contributed by atoms with Crippen LogP contribution in [0.1, 0.15) is 48.4 Å². The van der Waals surface area contributed by atoms with E-state index in [1.807, 2.05) is 36.4 Å². The number of carbonyl (C=O) groups excluding carboxylic acids is 2. The molecule has 0 unspecified atom stereocenters. The lowest BCUT2D eigenvalue weighted by Crippen LogP contribution is -2.18. The van der Waals surface area contributed by atoms with Crippen LogP contribution in [0.3, 0.4) is 0 Å². The number of Topliss-reactive ketones (excluding diaryl/α,β-unsaturated/α-hetero) is 2. The van der Waals surface area contributed by atoms with E-state index in [0.717, 1.165) is 0 Å². The molecule has 0 fully saturated rings. The van der Waals surface area contributed by atoms with Crippen molar-refractivity contribution in [2.24, 2.45) is 9.98 Å². The van der Waals surface area contributed by atoms with Gasteiger partial charge in [0.2, 0.25) is 0 Å². The molecule has 0 radical (unpaired) electrons. The highest BCUT2D eigenvalue weighted by Crippen LogP contribution is 2.33. The van der Waals surface area contributed by atoms with E-state index in [9.17, 15) is 19.8 Å². The summed E-state index contributed by atoms with van der Waals surface area (Å²) in [5.74, 6) is -0.644. The molecule has 220 valence electrons. The molecule has 5 rings (SSSR count). The fourth-order valence-electron chi connectivity index (χ4n) is 5.15. The minimum atomic E-state index is -0.308. The molecule has 0 saturated heterocycles. The van der Waals surface area contributed by atoms with Crippen LogP contribution in [0, 0.1) is 0 Å². The van der Waals surface area contributed by atoms with E-state index in [2.05, 4.69) is 10.6 Å². The number of anilines is 2. The summed E-state index contributed by atoms with van der Waals surface area (Å²) >= 11 is 0. The molecule has 0 aromatic heterocycles. The number of rotatable bonds is 4. The second-order valence-corrected chi connectivity index (χ2v) is 10.4. The molecule has 4 N–H and O–H groups in total. The third-order valence-corrected chi connectivity index (χ3v) is 7.17. The molecule has 0 aliphatic carbocycles. The lowest BCUT2D eigenvalue weighted by Gasteiger charge is -2.20. The average molecular weight is 585 g/mol. The first-order valence-electron chi connectivity index (χ1n) is 14.0. The van der Waals surface area contributed by atoms with Crippen LogP contribution >= 0.6 is 0 Å². The van der Waals surface area contributed by atoms with E-state index in [0.29, 0.717) is 67.8 Å². The number of hydrogen-bond acceptors (Lipinski definition) is 8. The minimum Gasteiger partial charge on any atom is -0.508 e. The number of hydrogen-bond donors (Lipinski definition) is 4. The van der Waals surface area contributed by atoms with Crippen LogP contribution in [0.15, 0.2) is 130 Å². The third-order valence-electron chi connectivity index (χ3n) is 7.17. The van der Waals surface area contributed by atoms with Gasteiger partial charge in [-0.3, -0.25) is 19.6 Å². The first-order valence-corrected chi connectivity index (χ1v) is 14.0. The average Bonchev–Trinajstić information content (AvgIpc) is 2.99. The first-order chi connectivity index (χ1) is 21.1. The molecule has 44 heavy (non-hydrogen) atoms. The van der Waals surface area contributed by atoms with Crippen LogP contribution < -0.4 is 10.6 Å². The van der Waals surface area contributed by atoms with Gasteiger partial charge in [-0.05, 0) is 76.2 Å². The number of nitrogens with zero attached hydrogens (tertiary/aromatic N) is 2. The number of allylic oxidation sites excluding steroid dienone is 4. The van der Waals surface area contributed by atoms with Gasteiger partial charge >= 0.3 is 0 Å². The maximum absolute atomic E-state index is 13.9. The van der Waals surface area contributed by atoms with Crippen molar-refractivity contribution in [3.05, 3.63) is 131 Å². The zero-order chi connectivity index (χ0) is 31.4. The van der Waals surface area contributed by atoms with Crippen LogP contribution in [0.25, 0.3) is 0 Å². The topological polar surface area (TPSA) is 123 Å². The van der Waals surface area contributed by atoms with E-state index in [-0.39, 0.29) is 23.1 Å². The Balaban J connectivity index is 1.75. The summed E-state index contributed by atoms with van der Waals surface area (Å²) in [6, 6.07) is 27.1. The number of fused-ring (bicyclic) bond motifs is 2. The summed E-state index contributed by atoms with van der Waals surface area (Å²) in [4.78, 5) is 37.6. The summed E-state index contributed by atoms with van der Waals surface area (Å²) in [5, 5.41) is 26.9. The fraction of sp³-hybridized carbons (Fsp3) is 0.111. The van der Waals surface area contributed by atoms with Gasteiger partial charge in [-0.2, -0.15) is 0 Å². The second kappa shape index (κ2) is 12.6. The monoisotopic (exact) mass is 584 g/mol. The largest absolute Gasteiger partial charge is 0.508 e. The van der Waals surface area contributed by atoms with Crippen molar-refractivity contribution >= 4 is 45.7 Å². The molecule has 1 aliphatic rings. The molecular weight excluding hydrogens is 552 g/mol. The number of para-hydroxylation sites is 4. The van der Waals surface area contributed by atoms with Crippen LogP contribution in [-0.2, 0) is 0 Å². The molecule has 0 atom stereocenters. The maximum atomic E-state index is 13.9. The predicted octanol–water partition coefficient (Wildman–Crippen LogP) is 8.13. The Morgan fingerprint density at radius 1 is 0.545 bits per heavy atom. The molecule has 1 aliphatic heterocycles. The standard InChI is InChI=1S/C36H32N4O4/c1-21-33(35(43)25-11-9-13-27(41)19-25)22(2)38-31-17-7-8-18-32(31)40-24(4)34(36(44)26-12-10-14-28(42)20-26)23(3)39-30-16-6-5-15-29(30)37-21/h5-20,37,39,41-42H,1-4H3/b33-21-,34-23+,38-22?,40-24?. The number of phenols is 2. The SMILES string of the molecule is CC1=Nc2ccccc2N=C(C)/C(C(=O)c2cccc(O)c2)=C(/C)Nc2ccccc2N/C(C)=C/1C(=O)c1cccc(O)c1. The number of phenolic OH excluding ortho intramolecular Hbond substituents is 2. The molecule has 4 aromatic rings. The van der Waals surface area contributed by atoms with Crippen molar-refractivity contribution in [3.8, 4) is 11.5 Å². The summed E-state index contributed by atoms with van der Waals surface area (Å²) in [5.41, 5.74) is 5.61. The summed E-state index contributed by atoms with van der Waals surface area (Å²) < 4.78 is 0. The summed E-state index contributed by atoms with van der Waals surface area (Å²) in [6.07, 6.45) is 0. The molecule has 0 bridgehead atoms. The van der Waals surface area contributed by atoms with Gasteiger partial charge in [0.05, 0.1) is 45.3 Å². The van der Waals surface area contributed by atoms with Gasteiger partial charge in [-0.1, -0.05) is 48.5 Å². The highest BCUT2D eigenvalue weighted by Gasteiger charge is 2.23. The fourth-order valence-corrected chi connectivity index (χ4v) is 5.15. The number of aliphatic imine (C=N–C) groups is 2. The summed E-state index contributed by atoms with van der Waals surface area (Å²) in [6.45, 7) is 7.10. The predicted molar refractivity (Wildman–Crippen MR) is 176 cm³/mol. The lowest BCUT2D eigenvalue weighted by molar-refractivity contribution is 0.103. The number of nitrogens with one attached hydrogen (secondary N) is 2. The Hall–Kier alpha value is -5.76. The Bertz CT molecular complexity index is 1780. The highest BCUT2D eigenvalue weighted by atomic mass is 16.3. The number of carbonyl (C=O) groups is 2. The second-order valence-electron chi connectivity index (χ2n) is 10.4. The molecule has 8 nitrogen and oxygen atoms in total. The molecule has 0 spiro atoms. The van der Waals surface area contributed by atoms with E-state index in [1.165, 1.54) is 24.3 Å². The van der Waals surface area contributed by atoms with Crippen molar-refractivity contribution in [2.45, 2.75) is 27.7 Å². The van der Waals surface area contributed by atoms with Gasteiger partial charge in [-0.25, -0.2) is 0 Å². The number of ketones is 2. The van der Waals surface area contributed by atoms with E-state index >= 15 is 0 Å². The van der Waals surface area contributed by atoms with Crippen LogP contribution in [-0.4, -0.2) is 33.2 Å². The number of benzene rings is 4. The van der Waals surface area contributed by atoms with Gasteiger partial charge in [0.1, 0.15) is 11.5 Å². The first kappa shape index (κ1) is 29.7. The normalized spacial score (nSPS) is 17.1. The molecule has 0 amide bonds. The third kappa shape index (κ3) is 6.34. The summed E-state index contributed by atoms with van der Waals surface area (Å²) in [7, 11) is 0. The molecule has 8 heteroatoms. The van der Waals surface area contributed by atoms with E-state index in [4.69, 9.17) is 9.98 Å². The number of aromatic hydroxyl groups is 2. The Morgan fingerprint density at radius 2 is 0.932 bits per heavy atom. The van der Waals surface area contributed by atoms with Crippen molar-refractivity contribution < 1.29 is 19.8 Å². The Labute approximate surface area is 255 Å². The Morgan fingerprint density at radius 3 is 1.32 bits per heavy atom. The Kier molecular flexibility index (Phi) is 8.53. The lowest BCUT2D eigenvalue weighted by atomic mass is 9.97. The van der Waals surface area contributed by atoms with Crippen LogP contribution in [0.4, 0.5) is 22.7 Å². The van der Waals surface area contributed by atoms with Crippen molar-refractivity contribution in [1.29, 1.82) is 0 Å². The molecular formula is C36H32N4O4. The van der Waals surface area contributed by atoms with Crippen LogP contribution in [0.5, 0.6) is 11.5 Å². The van der Waals surface area contributed by atoms with Gasteiger partial charge in [0.25, 0.3) is 0 Å². The van der Waals surface area contributed by atoms with E-state index in [1.54, 1.807) is 64.1 Å². The van der Waals surface area contributed by atoms with Gasteiger partial charge in [0.15, 0.2) is 11.6 Å². The zero-order valence-corrected chi connectivity index (χ0v) is 24.8. The molecule has 0 saturated carbocycles. The van der Waals surface area contributed by atoms with Gasteiger partial charge in [-0.15, -0.1) is 0 Å². The highest BCUT2D eigenvalue weighted by molar-refractivity contribution is 6.29. The zero-order valence-electron chi connectivity index (χ0n) is 24.8.